The molecule has 24 heavy (non-hydrogen) atoms. The number of ether oxygens (including phenoxy) is 2. The standard InChI is InChI=1S/C18H22BrN3O2/c19-13-6-4-12(5-7-13)17-15(11-16-23-9-2-10-24-16)21-18(22-17)14-3-1-8-20-14/h4-7,14,16,20H,1-3,8-11H2,(H,21,22)/t14-/m0/s1. The summed E-state index contributed by atoms with van der Waals surface area (Å²) >= 11 is 3.50. The van der Waals surface area contributed by atoms with Crippen LogP contribution < -0.4 is 5.32 Å². The van der Waals surface area contributed by atoms with Crippen molar-refractivity contribution < 1.29 is 9.47 Å². The molecule has 1 aromatic carbocycles. The molecule has 0 unspecified atom stereocenters. The zero-order valence-corrected chi connectivity index (χ0v) is 15.1. The molecule has 2 aromatic rings. The van der Waals surface area contributed by atoms with Gasteiger partial charge in [-0.15, -0.1) is 0 Å². The molecule has 0 amide bonds. The van der Waals surface area contributed by atoms with Crippen LogP contribution in [0.5, 0.6) is 0 Å². The van der Waals surface area contributed by atoms with Gasteiger partial charge in [-0.1, -0.05) is 28.1 Å². The van der Waals surface area contributed by atoms with Gasteiger partial charge in [0.2, 0.25) is 0 Å². The first-order chi connectivity index (χ1) is 11.8. The number of nitrogens with one attached hydrogen (secondary N) is 2. The Labute approximate surface area is 150 Å². The maximum Gasteiger partial charge on any atom is 0.163 e. The molecule has 0 aliphatic carbocycles. The average Bonchev–Trinajstić information content (AvgIpc) is 3.26. The zero-order chi connectivity index (χ0) is 16.4. The number of aromatic amines is 1. The molecule has 3 heterocycles. The maximum atomic E-state index is 5.73. The van der Waals surface area contributed by atoms with Crippen molar-refractivity contribution in [1.82, 2.24) is 15.3 Å². The smallest absolute Gasteiger partial charge is 0.163 e. The number of nitrogens with zero attached hydrogens (tertiary/aromatic N) is 1. The Morgan fingerprint density at radius 3 is 2.62 bits per heavy atom. The first kappa shape index (κ1) is 16.3. The summed E-state index contributed by atoms with van der Waals surface area (Å²) in [4.78, 5) is 8.45. The van der Waals surface area contributed by atoms with Crippen molar-refractivity contribution in [1.29, 1.82) is 0 Å². The quantitative estimate of drug-likeness (QED) is 0.836. The molecule has 0 saturated carbocycles. The van der Waals surface area contributed by atoms with Crippen LogP contribution in [0, 0.1) is 0 Å². The first-order valence-corrected chi connectivity index (χ1v) is 9.40. The summed E-state index contributed by atoms with van der Waals surface area (Å²) in [5.74, 6) is 1.02. The van der Waals surface area contributed by atoms with E-state index in [1.165, 1.54) is 6.42 Å². The van der Waals surface area contributed by atoms with Gasteiger partial charge in [-0.3, -0.25) is 0 Å². The minimum atomic E-state index is -0.183. The lowest BCUT2D eigenvalue weighted by Crippen LogP contribution is -2.27. The third kappa shape index (κ3) is 3.57. The number of hydrogen-bond acceptors (Lipinski definition) is 4. The van der Waals surface area contributed by atoms with Crippen LogP contribution in [-0.2, 0) is 15.9 Å². The second-order valence-corrected chi connectivity index (χ2v) is 7.25. The molecule has 4 rings (SSSR count). The summed E-state index contributed by atoms with van der Waals surface area (Å²) in [5.41, 5.74) is 3.21. The van der Waals surface area contributed by atoms with Crippen LogP contribution in [0.2, 0.25) is 0 Å². The summed E-state index contributed by atoms with van der Waals surface area (Å²) in [6.07, 6.45) is 3.81. The van der Waals surface area contributed by atoms with E-state index in [1.54, 1.807) is 0 Å². The third-order valence-electron chi connectivity index (χ3n) is 4.57. The van der Waals surface area contributed by atoms with Gasteiger partial charge in [-0.2, -0.15) is 0 Å². The van der Waals surface area contributed by atoms with Crippen molar-refractivity contribution in [2.75, 3.05) is 19.8 Å². The van der Waals surface area contributed by atoms with Gasteiger partial charge in [0.05, 0.1) is 24.9 Å². The molecule has 2 fully saturated rings. The molecule has 0 radical (unpaired) electrons. The Balaban J connectivity index is 1.64. The van der Waals surface area contributed by atoms with E-state index in [9.17, 15) is 0 Å². The van der Waals surface area contributed by atoms with Crippen molar-refractivity contribution in [2.45, 2.75) is 38.0 Å². The van der Waals surface area contributed by atoms with Gasteiger partial charge in [-0.25, -0.2) is 4.98 Å². The van der Waals surface area contributed by atoms with E-state index < -0.39 is 0 Å². The van der Waals surface area contributed by atoms with Crippen LogP contribution >= 0.6 is 15.9 Å². The van der Waals surface area contributed by atoms with Gasteiger partial charge in [-0.05, 0) is 37.9 Å². The highest BCUT2D eigenvalue weighted by Crippen LogP contribution is 2.29. The molecule has 1 atom stereocenters. The second kappa shape index (κ2) is 7.35. The molecule has 1 aromatic heterocycles. The summed E-state index contributed by atoms with van der Waals surface area (Å²) < 4.78 is 12.5. The molecular formula is C18H22BrN3O2. The third-order valence-corrected chi connectivity index (χ3v) is 5.10. The number of imidazole rings is 1. The molecule has 6 heteroatoms. The van der Waals surface area contributed by atoms with Crippen LogP contribution in [-0.4, -0.2) is 36.0 Å². The van der Waals surface area contributed by atoms with Crippen molar-refractivity contribution in [3.63, 3.8) is 0 Å². The molecule has 2 aliphatic rings. The molecule has 2 saturated heterocycles. The van der Waals surface area contributed by atoms with Gasteiger partial charge >= 0.3 is 0 Å². The lowest BCUT2D eigenvalue weighted by molar-refractivity contribution is -0.177. The van der Waals surface area contributed by atoms with E-state index in [0.29, 0.717) is 12.5 Å². The van der Waals surface area contributed by atoms with Crippen LogP contribution in [0.25, 0.3) is 11.3 Å². The molecular weight excluding hydrogens is 370 g/mol. The van der Waals surface area contributed by atoms with Gasteiger partial charge in [0.1, 0.15) is 5.82 Å². The number of halogens is 1. The Kier molecular flexibility index (Phi) is 4.98. The Morgan fingerprint density at radius 2 is 1.92 bits per heavy atom. The van der Waals surface area contributed by atoms with E-state index in [4.69, 9.17) is 14.5 Å². The van der Waals surface area contributed by atoms with Gasteiger partial charge in [0, 0.05) is 22.2 Å². The topological polar surface area (TPSA) is 59.2 Å². The average molecular weight is 392 g/mol. The van der Waals surface area contributed by atoms with E-state index in [-0.39, 0.29) is 6.29 Å². The Morgan fingerprint density at radius 1 is 1.12 bits per heavy atom. The molecule has 0 bridgehead atoms. The summed E-state index contributed by atoms with van der Waals surface area (Å²) in [6, 6.07) is 8.61. The minimum absolute atomic E-state index is 0.183. The highest BCUT2D eigenvalue weighted by molar-refractivity contribution is 9.10. The van der Waals surface area contributed by atoms with E-state index in [1.807, 2.05) is 0 Å². The number of aromatic nitrogens is 2. The number of benzene rings is 1. The van der Waals surface area contributed by atoms with Crippen molar-refractivity contribution >= 4 is 15.9 Å². The maximum absolute atomic E-state index is 5.73. The Hall–Kier alpha value is -1.21. The first-order valence-electron chi connectivity index (χ1n) is 8.61. The van der Waals surface area contributed by atoms with Crippen molar-refractivity contribution in [3.05, 3.63) is 40.3 Å². The fraction of sp³-hybridized carbons (Fsp3) is 0.500. The lowest BCUT2D eigenvalue weighted by atomic mass is 10.1. The largest absolute Gasteiger partial charge is 0.352 e. The highest BCUT2D eigenvalue weighted by Gasteiger charge is 2.24. The van der Waals surface area contributed by atoms with Crippen LogP contribution in [0.3, 0.4) is 0 Å². The van der Waals surface area contributed by atoms with Crippen LogP contribution in [0.1, 0.15) is 36.8 Å². The predicted molar refractivity (Wildman–Crippen MR) is 95.7 cm³/mol. The van der Waals surface area contributed by atoms with Gasteiger partial charge in [0.15, 0.2) is 6.29 Å². The number of rotatable bonds is 4. The van der Waals surface area contributed by atoms with Crippen LogP contribution in [0.15, 0.2) is 28.7 Å². The normalized spacial score (nSPS) is 22.1. The van der Waals surface area contributed by atoms with E-state index in [2.05, 4.69) is 50.5 Å². The molecule has 5 nitrogen and oxygen atoms in total. The summed E-state index contributed by atoms with van der Waals surface area (Å²) in [5, 5.41) is 3.51. The van der Waals surface area contributed by atoms with Gasteiger partial charge < -0.3 is 19.8 Å². The highest BCUT2D eigenvalue weighted by atomic mass is 79.9. The lowest BCUT2D eigenvalue weighted by Gasteiger charge is -2.23. The van der Waals surface area contributed by atoms with Crippen molar-refractivity contribution in [3.8, 4) is 11.3 Å². The SMILES string of the molecule is Brc1ccc(-c2nc([C@@H]3CCCN3)[nH]c2CC2OCCCO2)cc1. The molecule has 128 valence electrons. The van der Waals surface area contributed by atoms with Crippen molar-refractivity contribution in [2.24, 2.45) is 0 Å². The number of hydrogen-bond donors (Lipinski definition) is 2. The monoisotopic (exact) mass is 391 g/mol. The molecule has 0 spiro atoms. The fourth-order valence-electron chi connectivity index (χ4n) is 3.33. The summed E-state index contributed by atoms with van der Waals surface area (Å²) in [7, 11) is 0. The zero-order valence-electron chi connectivity index (χ0n) is 13.6. The number of H-pyrrole nitrogens is 1. The van der Waals surface area contributed by atoms with E-state index in [0.717, 1.165) is 59.8 Å². The van der Waals surface area contributed by atoms with Gasteiger partial charge in [0.25, 0.3) is 0 Å². The predicted octanol–water partition coefficient (Wildman–Crippen LogP) is 3.57. The van der Waals surface area contributed by atoms with Crippen LogP contribution in [0.4, 0.5) is 0 Å². The second-order valence-electron chi connectivity index (χ2n) is 6.33. The Bertz CT molecular complexity index is 674. The summed E-state index contributed by atoms with van der Waals surface area (Å²) in [6.45, 7) is 2.59. The molecule has 2 aliphatic heterocycles. The molecule has 2 N–H and O–H groups in total. The minimum Gasteiger partial charge on any atom is -0.352 e. The fourth-order valence-corrected chi connectivity index (χ4v) is 3.59. The van der Waals surface area contributed by atoms with E-state index >= 15 is 0 Å².